The zero-order valence-electron chi connectivity index (χ0n) is 9.59. The zero-order valence-corrected chi connectivity index (χ0v) is 9.59. The van der Waals surface area contributed by atoms with Crippen LogP contribution in [0.4, 0.5) is 5.69 Å². The van der Waals surface area contributed by atoms with Crippen LogP contribution >= 0.6 is 0 Å². The molecule has 0 aromatic heterocycles. The standard InChI is InChI=1S/C14H19N/c1-5-12(4)13-6-8-14(9-7-13)15-10-11(2)3/h5-9,12,15H,1-2,10H2,3-4H3. The minimum Gasteiger partial charge on any atom is -0.381 e. The first-order chi connectivity index (χ1) is 7.13. The Morgan fingerprint density at radius 2 is 2.00 bits per heavy atom. The van der Waals surface area contributed by atoms with Gasteiger partial charge in [-0.05, 0) is 30.5 Å². The number of hydrogen-bond donors (Lipinski definition) is 1. The minimum absolute atomic E-state index is 0.417. The van der Waals surface area contributed by atoms with E-state index < -0.39 is 0 Å². The largest absolute Gasteiger partial charge is 0.381 e. The highest BCUT2D eigenvalue weighted by Gasteiger charge is 1.99. The summed E-state index contributed by atoms with van der Waals surface area (Å²) in [4.78, 5) is 0. The maximum absolute atomic E-state index is 3.85. The fraction of sp³-hybridized carbons (Fsp3) is 0.286. The van der Waals surface area contributed by atoms with Crippen molar-refractivity contribution in [2.75, 3.05) is 11.9 Å². The first-order valence-corrected chi connectivity index (χ1v) is 5.24. The molecule has 0 saturated carbocycles. The Morgan fingerprint density at radius 1 is 1.40 bits per heavy atom. The lowest BCUT2D eigenvalue weighted by molar-refractivity contribution is 0.971. The van der Waals surface area contributed by atoms with Crippen molar-refractivity contribution in [2.24, 2.45) is 0 Å². The van der Waals surface area contributed by atoms with Crippen LogP contribution in [0.25, 0.3) is 0 Å². The smallest absolute Gasteiger partial charge is 0.0354 e. The Balaban J connectivity index is 2.63. The van der Waals surface area contributed by atoms with Crippen LogP contribution in [0.1, 0.15) is 25.3 Å². The summed E-state index contributed by atoms with van der Waals surface area (Å²) < 4.78 is 0. The van der Waals surface area contributed by atoms with E-state index in [0.717, 1.165) is 17.8 Å². The van der Waals surface area contributed by atoms with Gasteiger partial charge in [-0.1, -0.05) is 37.3 Å². The highest BCUT2D eigenvalue weighted by atomic mass is 14.9. The fourth-order valence-electron chi connectivity index (χ4n) is 1.29. The molecule has 1 rings (SSSR count). The van der Waals surface area contributed by atoms with Gasteiger partial charge in [-0.2, -0.15) is 0 Å². The molecule has 15 heavy (non-hydrogen) atoms. The molecule has 1 heteroatoms. The minimum atomic E-state index is 0.417. The average Bonchev–Trinajstić information content (AvgIpc) is 2.26. The van der Waals surface area contributed by atoms with E-state index >= 15 is 0 Å². The molecule has 0 saturated heterocycles. The number of hydrogen-bond acceptors (Lipinski definition) is 1. The summed E-state index contributed by atoms with van der Waals surface area (Å²) in [6, 6.07) is 8.46. The van der Waals surface area contributed by atoms with Gasteiger partial charge < -0.3 is 5.32 Å². The fourth-order valence-corrected chi connectivity index (χ4v) is 1.29. The van der Waals surface area contributed by atoms with Gasteiger partial charge in [0.2, 0.25) is 0 Å². The molecule has 1 aromatic rings. The van der Waals surface area contributed by atoms with Crippen LogP contribution in [0.5, 0.6) is 0 Å². The van der Waals surface area contributed by atoms with E-state index in [1.54, 1.807) is 0 Å². The molecule has 0 heterocycles. The van der Waals surface area contributed by atoms with Crippen LogP contribution in [0.15, 0.2) is 49.1 Å². The van der Waals surface area contributed by atoms with Gasteiger partial charge in [-0.3, -0.25) is 0 Å². The van der Waals surface area contributed by atoms with Crippen molar-refractivity contribution in [1.29, 1.82) is 0 Å². The summed E-state index contributed by atoms with van der Waals surface area (Å²) in [7, 11) is 0. The van der Waals surface area contributed by atoms with Crippen molar-refractivity contribution in [2.45, 2.75) is 19.8 Å². The van der Waals surface area contributed by atoms with E-state index in [1.807, 2.05) is 13.0 Å². The van der Waals surface area contributed by atoms with Crippen molar-refractivity contribution in [1.82, 2.24) is 0 Å². The third kappa shape index (κ3) is 3.62. The molecule has 0 amide bonds. The Labute approximate surface area is 92.5 Å². The number of benzene rings is 1. The highest BCUT2D eigenvalue weighted by Crippen LogP contribution is 2.18. The number of nitrogens with one attached hydrogen (secondary N) is 1. The number of anilines is 1. The van der Waals surface area contributed by atoms with Crippen LogP contribution in [0.2, 0.25) is 0 Å². The van der Waals surface area contributed by atoms with Crippen molar-refractivity contribution in [3.63, 3.8) is 0 Å². The quantitative estimate of drug-likeness (QED) is 0.711. The summed E-state index contributed by atoms with van der Waals surface area (Å²) >= 11 is 0. The van der Waals surface area contributed by atoms with Gasteiger partial charge in [-0.25, -0.2) is 0 Å². The molecule has 80 valence electrons. The molecular formula is C14H19N. The highest BCUT2D eigenvalue weighted by molar-refractivity contribution is 5.46. The lowest BCUT2D eigenvalue weighted by Crippen LogP contribution is -2.01. The summed E-state index contributed by atoms with van der Waals surface area (Å²) in [5.41, 5.74) is 3.57. The molecule has 1 nitrogen and oxygen atoms in total. The van der Waals surface area contributed by atoms with Gasteiger partial charge in [0.15, 0.2) is 0 Å². The summed E-state index contributed by atoms with van der Waals surface area (Å²) in [5.74, 6) is 0.417. The first-order valence-electron chi connectivity index (χ1n) is 5.24. The van der Waals surface area contributed by atoms with Gasteiger partial charge in [0.25, 0.3) is 0 Å². The van der Waals surface area contributed by atoms with E-state index in [4.69, 9.17) is 0 Å². The molecular weight excluding hydrogens is 182 g/mol. The van der Waals surface area contributed by atoms with Crippen molar-refractivity contribution in [3.05, 3.63) is 54.6 Å². The summed E-state index contributed by atoms with van der Waals surface area (Å²) in [6.07, 6.45) is 1.95. The maximum atomic E-state index is 3.85. The molecule has 0 bridgehead atoms. The van der Waals surface area contributed by atoms with Crippen molar-refractivity contribution < 1.29 is 0 Å². The zero-order chi connectivity index (χ0) is 11.3. The Morgan fingerprint density at radius 3 is 2.47 bits per heavy atom. The third-order valence-electron chi connectivity index (χ3n) is 2.38. The van der Waals surface area contributed by atoms with Crippen molar-refractivity contribution >= 4 is 5.69 Å². The molecule has 1 aromatic carbocycles. The molecule has 0 aliphatic rings. The lowest BCUT2D eigenvalue weighted by atomic mass is 10.0. The van der Waals surface area contributed by atoms with Crippen LogP contribution in [-0.4, -0.2) is 6.54 Å². The van der Waals surface area contributed by atoms with Crippen LogP contribution in [0, 0.1) is 0 Å². The first kappa shape index (κ1) is 11.6. The average molecular weight is 201 g/mol. The van der Waals surface area contributed by atoms with E-state index in [2.05, 4.69) is 49.7 Å². The topological polar surface area (TPSA) is 12.0 Å². The van der Waals surface area contributed by atoms with E-state index in [0.29, 0.717) is 5.92 Å². The van der Waals surface area contributed by atoms with Gasteiger partial charge >= 0.3 is 0 Å². The number of rotatable bonds is 5. The second kappa shape index (κ2) is 5.40. The molecule has 0 aliphatic heterocycles. The van der Waals surface area contributed by atoms with Gasteiger partial charge in [0.05, 0.1) is 0 Å². The monoisotopic (exact) mass is 201 g/mol. The third-order valence-corrected chi connectivity index (χ3v) is 2.38. The summed E-state index contributed by atoms with van der Waals surface area (Å²) in [6.45, 7) is 12.6. The molecule has 0 radical (unpaired) electrons. The molecule has 0 spiro atoms. The molecule has 1 atom stereocenters. The van der Waals surface area contributed by atoms with Gasteiger partial charge in [0, 0.05) is 12.2 Å². The van der Waals surface area contributed by atoms with Crippen LogP contribution < -0.4 is 5.32 Å². The van der Waals surface area contributed by atoms with Gasteiger partial charge in [-0.15, -0.1) is 6.58 Å². The Bertz CT molecular complexity index is 335. The normalized spacial score (nSPS) is 11.9. The van der Waals surface area contributed by atoms with Gasteiger partial charge in [0.1, 0.15) is 0 Å². The maximum Gasteiger partial charge on any atom is 0.0354 e. The Hall–Kier alpha value is -1.50. The predicted molar refractivity (Wildman–Crippen MR) is 68.4 cm³/mol. The predicted octanol–water partition coefficient (Wildman–Crippen LogP) is 3.96. The SMILES string of the molecule is C=CC(C)c1ccc(NCC(=C)C)cc1. The van der Waals surface area contributed by atoms with Crippen LogP contribution in [0.3, 0.4) is 0 Å². The molecule has 1 N–H and O–H groups in total. The molecule has 0 aliphatic carbocycles. The molecule has 1 unspecified atom stereocenters. The van der Waals surface area contributed by atoms with Crippen LogP contribution in [-0.2, 0) is 0 Å². The van der Waals surface area contributed by atoms with E-state index in [9.17, 15) is 0 Å². The Kier molecular flexibility index (Phi) is 4.17. The van der Waals surface area contributed by atoms with E-state index in [-0.39, 0.29) is 0 Å². The van der Waals surface area contributed by atoms with Crippen molar-refractivity contribution in [3.8, 4) is 0 Å². The summed E-state index contributed by atoms with van der Waals surface area (Å²) in [5, 5.41) is 3.30. The second-order valence-corrected chi connectivity index (χ2v) is 3.96. The second-order valence-electron chi connectivity index (χ2n) is 3.96. The molecule has 0 fully saturated rings. The van der Waals surface area contributed by atoms with E-state index in [1.165, 1.54) is 5.56 Å². The number of allylic oxidation sites excluding steroid dienone is 1. The lowest BCUT2D eigenvalue weighted by Gasteiger charge is -2.09.